The molecule has 5 heteroatoms. The number of anilines is 1. The van der Waals surface area contributed by atoms with E-state index in [1.165, 1.54) is 25.7 Å². The molecular formula is C14H18Cl2N2S. The summed E-state index contributed by atoms with van der Waals surface area (Å²) in [6.07, 6.45) is 4.91. The van der Waals surface area contributed by atoms with Gasteiger partial charge in [0.05, 0.1) is 10.0 Å². The first kappa shape index (κ1) is 14.9. The fourth-order valence-electron chi connectivity index (χ4n) is 2.33. The van der Waals surface area contributed by atoms with Gasteiger partial charge in [0.1, 0.15) is 0 Å². The standard InChI is InChI=1S/C14H18Cl2N2S/c1-9-2-4-10(5-3-9)17-14(19)18-11-6-7-12(15)13(16)8-11/h6-10H,2-5H2,1H3,(H2,17,18,19). The smallest absolute Gasteiger partial charge is 0.170 e. The average Bonchev–Trinajstić information content (AvgIpc) is 2.37. The first-order valence-corrected chi connectivity index (χ1v) is 7.73. The molecule has 0 radical (unpaired) electrons. The molecule has 1 aromatic rings. The highest BCUT2D eigenvalue weighted by molar-refractivity contribution is 7.80. The molecular weight excluding hydrogens is 299 g/mol. The predicted molar refractivity (Wildman–Crippen MR) is 87.2 cm³/mol. The minimum Gasteiger partial charge on any atom is -0.360 e. The first-order valence-electron chi connectivity index (χ1n) is 6.57. The maximum Gasteiger partial charge on any atom is 0.170 e. The van der Waals surface area contributed by atoms with Crippen molar-refractivity contribution in [3.8, 4) is 0 Å². The molecule has 0 bridgehead atoms. The maximum atomic E-state index is 5.97. The van der Waals surface area contributed by atoms with E-state index < -0.39 is 0 Å². The molecule has 2 rings (SSSR count). The Morgan fingerprint density at radius 2 is 1.84 bits per heavy atom. The third-order valence-corrected chi connectivity index (χ3v) is 4.49. The quantitative estimate of drug-likeness (QED) is 0.762. The van der Waals surface area contributed by atoms with Gasteiger partial charge in [0.25, 0.3) is 0 Å². The number of rotatable bonds is 2. The monoisotopic (exact) mass is 316 g/mol. The van der Waals surface area contributed by atoms with Crippen LogP contribution in [-0.4, -0.2) is 11.2 Å². The summed E-state index contributed by atoms with van der Waals surface area (Å²) in [7, 11) is 0. The summed E-state index contributed by atoms with van der Waals surface area (Å²) in [5, 5.41) is 8.24. The molecule has 0 aromatic heterocycles. The number of benzene rings is 1. The second kappa shape index (κ2) is 6.78. The van der Waals surface area contributed by atoms with Crippen LogP contribution in [-0.2, 0) is 0 Å². The van der Waals surface area contributed by atoms with Gasteiger partial charge in [-0.1, -0.05) is 30.1 Å². The van der Waals surface area contributed by atoms with E-state index in [0.717, 1.165) is 11.6 Å². The molecule has 0 amide bonds. The van der Waals surface area contributed by atoms with Gasteiger partial charge in [-0.05, 0) is 62.0 Å². The van der Waals surface area contributed by atoms with Gasteiger partial charge in [-0.15, -0.1) is 0 Å². The normalized spacial score (nSPS) is 22.9. The summed E-state index contributed by atoms with van der Waals surface area (Å²) in [5.74, 6) is 0.842. The summed E-state index contributed by atoms with van der Waals surface area (Å²) in [6.45, 7) is 2.31. The van der Waals surface area contributed by atoms with E-state index in [1.54, 1.807) is 12.1 Å². The van der Waals surface area contributed by atoms with Crippen LogP contribution in [0.25, 0.3) is 0 Å². The van der Waals surface area contributed by atoms with Gasteiger partial charge in [0, 0.05) is 11.7 Å². The molecule has 19 heavy (non-hydrogen) atoms. The Balaban J connectivity index is 1.85. The van der Waals surface area contributed by atoms with Gasteiger partial charge in [0.15, 0.2) is 5.11 Å². The van der Waals surface area contributed by atoms with Crippen LogP contribution in [0.4, 0.5) is 5.69 Å². The second-order valence-corrected chi connectivity index (χ2v) is 6.41. The molecule has 0 saturated heterocycles. The largest absolute Gasteiger partial charge is 0.360 e. The molecule has 1 aromatic carbocycles. The lowest BCUT2D eigenvalue weighted by Crippen LogP contribution is -2.39. The molecule has 1 saturated carbocycles. The Morgan fingerprint density at radius 3 is 2.47 bits per heavy atom. The van der Waals surface area contributed by atoms with E-state index in [1.807, 2.05) is 6.07 Å². The summed E-state index contributed by atoms with van der Waals surface area (Å²) < 4.78 is 0. The summed E-state index contributed by atoms with van der Waals surface area (Å²) in [6, 6.07) is 5.89. The van der Waals surface area contributed by atoms with Crippen molar-refractivity contribution in [3.05, 3.63) is 28.2 Å². The van der Waals surface area contributed by atoms with E-state index >= 15 is 0 Å². The van der Waals surface area contributed by atoms with Crippen LogP contribution < -0.4 is 10.6 Å². The van der Waals surface area contributed by atoms with Gasteiger partial charge in [-0.25, -0.2) is 0 Å². The Labute approximate surface area is 129 Å². The Kier molecular flexibility index (Phi) is 5.31. The topological polar surface area (TPSA) is 24.1 Å². The second-order valence-electron chi connectivity index (χ2n) is 5.18. The van der Waals surface area contributed by atoms with Gasteiger partial charge in [-0.2, -0.15) is 0 Å². The molecule has 0 atom stereocenters. The number of thiocarbonyl (C=S) groups is 1. The Morgan fingerprint density at radius 1 is 1.16 bits per heavy atom. The predicted octanol–water partition coefficient (Wildman–Crippen LogP) is 4.86. The van der Waals surface area contributed by atoms with Crippen LogP contribution in [0.2, 0.25) is 10.0 Å². The van der Waals surface area contributed by atoms with Crippen molar-refractivity contribution in [2.75, 3.05) is 5.32 Å². The van der Waals surface area contributed by atoms with Gasteiger partial charge >= 0.3 is 0 Å². The van der Waals surface area contributed by atoms with Gasteiger partial charge < -0.3 is 10.6 Å². The number of hydrogen-bond acceptors (Lipinski definition) is 1. The van der Waals surface area contributed by atoms with Crippen molar-refractivity contribution in [1.29, 1.82) is 0 Å². The molecule has 104 valence electrons. The summed E-state index contributed by atoms with van der Waals surface area (Å²) in [5.41, 5.74) is 0.857. The summed E-state index contributed by atoms with van der Waals surface area (Å²) >= 11 is 17.2. The van der Waals surface area contributed by atoms with Crippen molar-refractivity contribution in [3.63, 3.8) is 0 Å². The lowest BCUT2D eigenvalue weighted by molar-refractivity contribution is 0.332. The first-order chi connectivity index (χ1) is 9.04. The van der Waals surface area contributed by atoms with Crippen LogP contribution in [0.3, 0.4) is 0 Å². The number of halogens is 2. The van der Waals surface area contributed by atoms with Crippen LogP contribution in [0.1, 0.15) is 32.6 Å². The van der Waals surface area contributed by atoms with E-state index in [2.05, 4.69) is 17.6 Å². The highest BCUT2D eigenvalue weighted by atomic mass is 35.5. The number of nitrogens with one attached hydrogen (secondary N) is 2. The van der Waals surface area contributed by atoms with Gasteiger partial charge in [-0.3, -0.25) is 0 Å². The van der Waals surface area contributed by atoms with Crippen molar-refractivity contribution < 1.29 is 0 Å². The third-order valence-electron chi connectivity index (χ3n) is 3.53. The average molecular weight is 317 g/mol. The van der Waals surface area contributed by atoms with E-state index in [9.17, 15) is 0 Å². The minimum absolute atomic E-state index is 0.485. The van der Waals surface area contributed by atoms with Crippen LogP contribution >= 0.6 is 35.4 Å². The van der Waals surface area contributed by atoms with Crippen LogP contribution in [0.15, 0.2) is 18.2 Å². The highest BCUT2D eigenvalue weighted by Gasteiger charge is 2.18. The lowest BCUT2D eigenvalue weighted by Gasteiger charge is -2.28. The molecule has 0 spiro atoms. The zero-order valence-corrected chi connectivity index (χ0v) is 13.2. The molecule has 0 heterocycles. The maximum absolute atomic E-state index is 5.97. The zero-order chi connectivity index (χ0) is 13.8. The summed E-state index contributed by atoms with van der Waals surface area (Å²) in [4.78, 5) is 0. The van der Waals surface area contributed by atoms with Crippen molar-refractivity contribution in [1.82, 2.24) is 5.32 Å². The van der Waals surface area contributed by atoms with Gasteiger partial charge in [0.2, 0.25) is 0 Å². The Hall–Kier alpha value is -0.510. The van der Waals surface area contributed by atoms with E-state index in [-0.39, 0.29) is 0 Å². The molecule has 1 aliphatic rings. The number of hydrogen-bond donors (Lipinski definition) is 2. The fraction of sp³-hybridized carbons (Fsp3) is 0.500. The lowest BCUT2D eigenvalue weighted by atomic mass is 9.87. The molecule has 1 aliphatic carbocycles. The van der Waals surface area contributed by atoms with Crippen molar-refractivity contribution in [2.24, 2.45) is 5.92 Å². The van der Waals surface area contributed by atoms with E-state index in [0.29, 0.717) is 21.2 Å². The van der Waals surface area contributed by atoms with E-state index in [4.69, 9.17) is 35.4 Å². The SMILES string of the molecule is CC1CCC(NC(=S)Nc2ccc(Cl)c(Cl)c2)CC1. The highest BCUT2D eigenvalue weighted by Crippen LogP contribution is 2.26. The molecule has 0 aliphatic heterocycles. The van der Waals surface area contributed by atoms with Crippen LogP contribution in [0.5, 0.6) is 0 Å². The third kappa shape index (κ3) is 4.51. The fourth-order valence-corrected chi connectivity index (χ4v) is 2.91. The van der Waals surface area contributed by atoms with Crippen molar-refractivity contribution in [2.45, 2.75) is 38.6 Å². The van der Waals surface area contributed by atoms with Crippen molar-refractivity contribution >= 4 is 46.2 Å². The minimum atomic E-state index is 0.485. The molecule has 0 unspecified atom stereocenters. The molecule has 2 N–H and O–H groups in total. The molecule has 1 fully saturated rings. The molecule has 2 nitrogen and oxygen atoms in total. The zero-order valence-electron chi connectivity index (χ0n) is 10.9. The van der Waals surface area contributed by atoms with Crippen LogP contribution in [0, 0.1) is 5.92 Å². The Bertz CT molecular complexity index is 457.